The standard InChI is InChI=1S/C17H21BrN2O4/c1-4-24-15(21)10-20-11(2)16(17(22)23-3)14(19-20)9-12-5-7-13(18)8-6-12/h5-8,11,19H,4,9-10H2,1-3H3. The number of methoxy groups -OCH3 is 1. The lowest BCUT2D eigenvalue weighted by molar-refractivity contribution is -0.145. The van der Waals surface area contributed by atoms with Crippen LogP contribution in [0.5, 0.6) is 0 Å². The fourth-order valence-electron chi connectivity index (χ4n) is 2.61. The highest BCUT2D eigenvalue weighted by molar-refractivity contribution is 9.10. The van der Waals surface area contributed by atoms with E-state index >= 15 is 0 Å². The van der Waals surface area contributed by atoms with Crippen LogP contribution in [0.2, 0.25) is 0 Å². The number of esters is 2. The fraction of sp³-hybridized carbons (Fsp3) is 0.412. The van der Waals surface area contributed by atoms with Crippen molar-refractivity contribution in [2.24, 2.45) is 0 Å². The molecular weight excluding hydrogens is 376 g/mol. The van der Waals surface area contributed by atoms with Crippen molar-refractivity contribution < 1.29 is 19.1 Å². The Morgan fingerprint density at radius 1 is 1.29 bits per heavy atom. The van der Waals surface area contributed by atoms with Crippen molar-refractivity contribution in [3.63, 3.8) is 0 Å². The van der Waals surface area contributed by atoms with Crippen LogP contribution >= 0.6 is 15.9 Å². The number of carbonyl (C=O) groups excluding carboxylic acids is 2. The molecule has 130 valence electrons. The summed E-state index contributed by atoms with van der Waals surface area (Å²) in [6, 6.07) is 7.57. The summed E-state index contributed by atoms with van der Waals surface area (Å²) in [5.41, 5.74) is 5.48. The van der Waals surface area contributed by atoms with Crippen LogP contribution in [-0.4, -0.2) is 43.3 Å². The number of hydrazine groups is 1. The summed E-state index contributed by atoms with van der Waals surface area (Å²) in [5.74, 6) is -0.737. The number of rotatable bonds is 6. The molecule has 6 nitrogen and oxygen atoms in total. The topological polar surface area (TPSA) is 67.9 Å². The monoisotopic (exact) mass is 396 g/mol. The minimum absolute atomic E-state index is 0.0549. The van der Waals surface area contributed by atoms with Crippen molar-refractivity contribution >= 4 is 27.9 Å². The zero-order valence-electron chi connectivity index (χ0n) is 14.0. The van der Waals surface area contributed by atoms with E-state index < -0.39 is 5.97 Å². The molecule has 0 aliphatic carbocycles. The molecule has 7 heteroatoms. The fourth-order valence-corrected chi connectivity index (χ4v) is 2.87. The Morgan fingerprint density at radius 2 is 1.96 bits per heavy atom. The van der Waals surface area contributed by atoms with Gasteiger partial charge in [-0.1, -0.05) is 28.1 Å². The third-order valence-electron chi connectivity index (χ3n) is 3.79. The maximum Gasteiger partial charge on any atom is 0.337 e. The van der Waals surface area contributed by atoms with Gasteiger partial charge < -0.3 is 14.9 Å². The van der Waals surface area contributed by atoms with Crippen LogP contribution in [0.25, 0.3) is 0 Å². The van der Waals surface area contributed by atoms with Crippen LogP contribution in [-0.2, 0) is 25.5 Å². The third kappa shape index (κ3) is 4.36. The van der Waals surface area contributed by atoms with Crippen LogP contribution in [0.1, 0.15) is 19.4 Å². The highest BCUT2D eigenvalue weighted by Crippen LogP contribution is 2.25. The molecule has 24 heavy (non-hydrogen) atoms. The summed E-state index contributed by atoms with van der Waals surface area (Å²) in [4.78, 5) is 23.9. The summed E-state index contributed by atoms with van der Waals surface area (Å²) >= 11 is 3.40. The van der Waals surface area contributed by atoms with E-state index in [4.69, 9.17) is 9.47 Å². The molecule has 0 saturated carbocycles. The van der Waals surface area contributed by atoms with Gasteiger partial charge in [0.2, 0.25) is 0 Å². The van der Waals surface area contributed by atoms with E-state index in [0.717, 1.165) is 15.7 Å². The van der Waals surface area contributed by atoms with Gasteiger partial charge in [0.25, 0.3) is 0 Å². The van der Waals surface area contributed by atoms with Crippen molar-refractivity contribution in [3.8, 4) is 0 Å². The summed E-state index contributed by atoms with van der Waals surface area (Å²) in [7, 11) is 1.35. The first-order valence-corrected chi connectivity index (χ1v) is 8.50. The highest BCUT2D eigenvalue weighted by atomic mass is 79.9. The SMILES string of the molecule is CCOC(=O)CN1NC(Cc2ccc(Br)cc2)=C(C(=O)OC)C1C. The van der Waals surface area contributed by atoms with E-state index in [9.17, 15) is 9.59 Å². The van der Waals surface area contributed by atoms with Gasteiger partial charge in [0.1, 0.15) is 6.54 Å². The summed E-state index contributed by atoms with van der Waals surface area (Å²) in [6.07, 6.45) is 0.543. The molecule has 1 unspecified atom stereocenters. The average Bonchev–Trinajstić information content (AvgIpc) is 2.85. The quantitative estimate of drug-likeness (QED) is 0.743. The number of hydrogen-bond donors (Lipinski definition) is 1. The Hall–Kier alpha value is -1.86. The van der Waals surface area contributed by atoms with Gasteiger partial charge in [0.15, 0.2) is 0 Å². The molecule has 0 spiro atoms. The van der Waals surface area contributed by atoms with E-state index in [1.807, 2.05) is 31.2 Å². The Bertz CT molecular complexity index is 642. The van der Waals surface area contributed by atoms with Gasteiger partial charge in [-0.05, 0) is 31.5 Å². The largest absolute Gasteiger partial charge is 0.466 e. The van der Waals surface area contributed by atoms with Gasteiger partial charge in [-0.15, -0.1) is 0 Å². The second-order valence-corrected chi connectivity index (χ2v) is 6.32. The minimum atomic E-state index is -0.395. The third-order valence-corrected chi connectivity index (χ3v) is 4.32. The van der Waals surface area contributed by atoms with E-state index in [-0.39, 0.29) is 18.6 Å². The van der Waals surface area contributed by atoms with E-state index in [1.165, 1.54) is 7.11 Å². The number of nitrogens with zero attached hydrogens (tertiary/aromatic N) is 1. The lowest BCUT2D eigenvalue weighted by Gasteiger charge is -2.22. The van der Waals surface area contributed by atoms with Crippen LogP contribution in [0.4, 0.5) is 0 Å². The number of allylic oxidation sites excluding steroid dienone is 1. The van der Waals surface area contributed by atoms with E-state index in [2.05, 4.69) is 21.4 Å². The number of ether oxygens (including phenoxy) is 2. The minimum Gasteiger partial charge on any atom is -0.466 e. The van der Waals surface area contributed by atoms with Crippen LogP contribution in [0, 0.1) is 0 Å². The van der Waals surface area contributed by atoms with Gasteiger partial charge in [0, 0.05) is 16.6 Å². The molecule has 1 N–H and O–H groups in total. The molecule has 0 radical (unpaired) electrons. The molecule has 1 aliphatic rings. The second-order valence-electron chi connectivity index (χ2n) is 5.41. The molecule has 1 heterocycles. The summed E-state index contributed by atoms with van der Waals surface area (Å²) in [6.45, 7) is 3.99. The van der Waals surface area contributed by atoms with Gasteiger partial charge >= 0.3 is 11.9 Å². The summed E-state index contributed by atoms with van der Waals surface area (Å²) in [5, 5.41) is 1.69. The van der Waals surface area contributed by atoms with Gasteiger partial charge in [-0.3, -0.25) is 4.79 Å². The van der Waals surface area contributed by atoms with E-state index in [1.54, 1.807) is 11.9 Å². The first-order chi connectivity index (χ1) is 11.5. The Labute approximate surface area is 149 Å². The predicted molar refractivity (Wildman–Crippen MR) is 92.8 cm³/mol. The van der Waals surface area contributed by atoms with Crippen LogP contribution < -0.4 is 5.43 Å². The average molecular weight is 397 g/mol. The zero-order valence-corrected chi connectivity index (χ0v) is 15.6. The van der Waals surface area contributed by atoms with Gasteiger partial charge in [-0.25, -0.2) is 9.80 Å². The molecule has 0 amide bonds. The highest BCUT2D eigenvalue weighted by Gasteiger charge is 2.35. The number of carbonyl (C=O) groups is 2. The van der Waals surface area contributed by atoms with E-state index in [0.29, 0.717) is 18.6 Å². The lowest BCUT2D eigenvalue weighted by atomic mass is 10.0. The smallest absolute Gasteiger partial charge is 0.337 e. The molecular formula is C17H21BrN2O4. The number of benzene rings is 1. The Morgan fingerprint density at radius 3 is 2.54 bits per heavy atom. The molecule has 0 bridgehead atoms. The first-order valence-electron chi connectivity index (χ1n) is 7.71. The summed E-state index contributed by atoms with van der Waals surface area (Å²) < 4.78 is 10.9. The molecule has 2 rings (SSSR count). The molecule has 1 atom stereocenters. The van der Waals surface area contributed by atoms with Crippen molar-refractivity contribution in [1.29, 1.82) is 0 Å². The number of hydrogen-bond acceptors (Lipinski definition) is 6. The molecule has 0 aromatic heterocycles. The van der Waals surface area contributed by atoms with Gasteiger partial charge in [-0.2, -0.15) is 0 Å². The predicted octanol–water partition coefficient (Wildman–Crippen LogP) is 2.19. The molecule has 1 aromatic carbocycles. The Balaban J connectivity index is 2.20. The lowest BCUT2D eigenvalue weighted by Crippen LogP contribution is -2.42. The molecule has 1 aliphatic heterocycles. The van der Waals surface area contributed by atoms with Crippen LogP contribution in [0.15, 0.2) is 40.0 Å². The second kappa shape index (κ2) is 8.30. The van der Waals surface area contributed by atoms with Crippen molar-refractivity contribution in [1.82, 2.24) is 10.4 Å². The van der Waals surface area contributed by atoms with Crippen molar-refractivity contribution in [2.45, 2.75) is 26.3 Å². The van der Waals surface area contributed by atoms with Gasteiger partial charge in [0.05, 0.1) is 25.3 Å². The number of halogens is 1. The van der Waals surface area contributed by atoms with Crippen molar-refractivity contribution in [2.75, 3.05) is 20.3 Å². The molecule has 0 fully saturated rings. The maximum atomic E-state index is 12.2. The number of nitrogens with one attached hydrogen (secondary N) is 1. The normalized spacial score (nSPS) is 17.6. The molecule has 0 saturated heterocycles. The van der Waals surface area contributed by atoms with Crippen LogP contribution in [0.3, 0.4) is 0 Å². The first kappa shape index (κ1) is 18.5. The van der Waals surface area contributed by atoms with Crippen molar-refractivity contribution in [3.05, 3.63) is 45.6 Å². The zero-order chi connectivity index (χ0) is 17.7. The molecule has 1 aromatic rings. The Kier molecular flexibility index (Phi) is 6.39. The maximum absolute atomic E-state index is 12.2.